The summed E-state index contributed by atoms with van der Waals surface area (Å²) in [5, 5.41) is 3.02. The second-order valence-electron chi connectivity index (χ2n) is 6.67. The Morgan fingerprint density at radius 1 is 1.33 bits per heavy atom. The van der Waals surface area contributed by atoms with E-state index in [4.69, 9.17) is 9.47 Å². The molecule has 6 nitrogen and oxygen atoms in total. The van der Waals surface area contributed by atoms with E-state index in [0.29, 0.717) is 23.7 Å². The van der Waals surface area contributed by atoms with Crippen molar-refractivity contribution in [3.8, 4) is 11.5 Å². The lowest BCUT2D eigenvalue weighted by molar-refractivity contribution is -0.127. The maximum absolute atomic E-state index is 12.5. The number of nitrogens with zero attached hydrogens (tertiary/aromatic N) is 1. The molecular formula is C18H26N2O4. The van der Waals surface area contributed by atoms with Gasteiger partial charge in [0.2, 0.25) is 11.8 Å². The van der Waals surface area contributed by atoms with E-state index in [0.717, 1.165) is 6.42 Å². The van der Waals surface area contributed by atoms with Gasteiger partial charge >= 0.3 is 0 Å². The fourth-order valence-corrected chi connectivity index (χ4v) is 2.65. The number of amides is 2. The van der Waals surface area contributed by atoms with Gasteiger partial charge in [-0.2, -0.15) is 0 Å². The lowest BCUT2D eigenvalue weighted by atomic mass is 9.99. The fraction of sp³-hybridized carbons (Fsp3) is 0.556. The average Bonchev–Trinajstić information content (AvgIpc) is 2.95. The van der Waals surface area contributed by atoms with Gasteiger partial charge in [-0.05, 0) is 32.4 Å². The van der Waals surface area contributed by atoms with Crippen LogP contribution in [-0.4, -0.2) is 38.1 Å². The molecule has 1 saturated heterocycles. The molecule has 0 aliphatic carbocycles. The summed E-state index contributed by atoms with van der Waals surface area (Å²) in [6.45, 7) is 6.32. The zero-order valence-electron chi connectivity index (χ0n) is 15.0. The highest BCUT2D eigenvalue weighted by Crippen LogP contribution is 2.36. The van der Waals surface area contributed by atoms with Crippen LogP contribution in [0.3, 0.4) is 0 Å². The van der Waals surface area contributed by atoms with E-state index in [9.17, 15) is 9.59 Å². The average molecular weight is 334 g/mol. The number of ether oxygens (including phenoxy) is 2. The first-order chi connectivity index (χ1) is 11.3. The Hall–Kier alpha value is -2.24. The molecule has 24 heavy (non-hydrogen) atoms. The summed E-state index contributed by atoms with van der Waals surface area (Å²) in [4.78, 5) is 26.5. The molecule has 1 unspecified atom stereocenters. The highest BCUT2D eigenvalue weighted by molar-refractivity contribution is 6.01. The molecule has 0 radical (unpaired) electrons. The molecule has 1 aliphatic heterocycles. The predicted molar refractivity (Wildman–Crippen MR) is 92.5 cm³/mol. The predicted octanol–water partition coefficient (Wildman–Crippen LogP) is 2.36. The summed E-state index contributed by atoms with van der Waals surface area (Å²) in [5.74, 6) is 0.688. The van der Waals surface area contributed by atoms with Crippen LogP contribution in [0.5, 0.6) is 11.5 Å². The third-order valence-corrected chi connectivity index (χ3v) is 4.52. The number of hydrogen-bond acceptors (Lipinski definition) is 4. The monoisotopic (exact) mass is 334 g/mol. The van der Waals surface area contributed by atoms with Crippen molar-refractivity contribution in [3.63, 3.8) is 0 Å². The minimum absolute atomic E-state index is 0.0837. The Morgan fingerprint density at radius 3 is 2.62 bits per heavy atom. The van der Waals surface area contributed by atoms with Gasteiger partial charge in [-0.25, -0.2) is 0 Å². The zero-order chi connectivity index (χ0) is 17.9. The molecule has 1 aromatic rings. The normalized spacial score (nSPS) is 17.8. The van der Waals surface area contributed by atoms with Crippen molar-refractivity contribution >= 4 is 17.5 Å². The van der Waals surface area contributed by atoms with Crippen LogP contribution in [0.15, 0.2) is 18.2 Å². The highest BCUT2D eigenvalue weighted by Gasteiger charge is 2.37. The van der Waals surface area contributed by atoms with E-state index in [1.165, 1.54) is 0 Å². The van der Waals surface area contributed by atoms with Gasteiger partial charge in [-0.3, -0.25) is 9.59 Å². The lowest BCUT2D eigenvalue weighted by Crippen LogP contribution is -2.46. The maximum Gasteiger partial charge on any atom is 0.227 e. The minimum Gasteiger partial charge on any atom is -0.497 e. The number of methoxy groups -OCH3 is 2. The van der Waals surface area contributed by atoms with Crippen LogP contribution in [0.4, 0.5) is 5.69 Å². The third kappa shape index (κ3) is 3.80. The van der Waals surface area contributed by atoms with E-state index >= 15 is 0 Å². The van der Waals surface area contributed by atoms with Crippen molar-refractivity contribution < 1.29 is 19.1 Å². The molecule has 0 spiro atoms. The van der Waals surface area contributed by atoms with E-state index < -0.39 is 0 Å². The van der Waals surface area contributed by atoms with Crippen LogP contribution in [-0.2, 0) is 9.59 Å². The smallest absolute Gasteiger partial charge is 0.227 e. The first kappa shape index (κ1) is 18.1. The van der Waals surface area contributed by atoms with Gasteiger partial charge in [0.05, 0.1) is 25.8 Å². The van der Waals surface area contributed by atoms with Gasteiger partial charge in [0.15, 0.2) is 0 Å². The fourth-order valence-electron chi connectivity index (χ4n) is 2.65. The number of benzene rings is 1. The molecule has 1 fully saturated rings. The molecule has 2 amide bonds. The van der Waals surface area contributed by atoms with Gasteiger partial charge in [-0.1, -0.05) is 6.92 Å². The first-order valence-electron chi connectivity index (χ1n) is 8.15. The molecule has 1 aliphatic rings. The SMILES string of the molecule is CCC(C)(C)NC(=O)C1CC(=O)N(c2cc(OC)ccc2OC)C1. The van der Waals surface area contributed by atoms with Crippen LogP contribution >= 0.6 is 0 Å². The van der Waals surface area contributed by atoms with E-state index in [1.54, 1.807) is 37.3 Å². The van der Waals surface area contributed by atoms with Crippen molar-refractivity contribution in [1.82, 2.24) is 5.32 Å². The number of carbonyl (C=O) groups is 2. The molecule has 1 aromatic carbocycles. The molecule has 0 aromatic heterocycles. The van der Waals surface area contributed by atoms with Crippen LogP contribution in [0.25, 0.3) is 0 Å². The quantitative estimate of drug-likeness (QED) is 0.867. The second kappa shape index (κ2) is 7.11. The van der Waals surface area contributed by atoms with Gasteiger partial charge in [0.25, 0.3) is 0 Å². The van der Waals surface area contributed by atoms with E-state index in [1.807, 2.05) is 20.8 Å². The molecule has 1 N–H and O–H groups in total. The molecule has 1 atom stereocenters. The van der Waals surface area contributed by atoms with Crippen molar-refractivity contribution in [2.45, 2.75) is 39.2 Å². The Balaban J connectivity index is 2.20. The van der Waals surface area contributed by atoms with Gasteiger partial charge in [0, 0.05) is 24.6 Å². The summed E-state index contributed by atoms with van der Waals surface area (Å²) >= 11 is 0. The Kier molecular flexibility index (Phi) is 5.36. The third-order valence-electron chi connectivity index (χ3n) is 4.52. The summed E-state index contributed by atoms with van der Waals surface area (Å²) in [6, 6.07) is 5.29. The number of rotatable bonds is 6. The Morgan fingerprint density at radius 2 is 2.04 bits per heavy atom. The maximum atomic E-state index is 12.5. The summed E-state index contributed by atoms with van der Waals surface area (Å²) < 4.78 is 10.6. The van der Waals surface area contributed by atoms with Crippen molar-refractivity contribution in [2.24, 2.45) is 5.92 Å². The minimum atomic E-state index is -0.362. The standard InChI is InChI=1S/C18H26N2O4/c1-6-18(2,3)19-17(22)12-9-16(21)20(11-12)14-10-13(23-4)7-8-15(14)24-5/h7-8,10,12H,6,9,11H2,1-5H3,(H,19,22). The summed E-state index contributed by atoms with van der Waals surface area (Å²) in [6.07, 6.45) is 1.03. The van der Waals surface area contributed by atoms with E-state index in [2.05, 4.69) is 5.32 Å². The van der Waals surface area contributed by atoms with Crippen molar-refractivity contribution in [1.29, 1.82) is 0 Å². The second-order valence-corrected chi connectivity index (χ2v) is 6.67. The van der Waals surface area contributed by atoms with Crippen molar-refractivity contribution in [3.05, 3.63) is 18.2 Å². The Labute approximate surface area is 143 Å². The van der Waals surface area contributed by atoms with E-state index in [-0.39, 0.29) is 29.7 Å². The molecule has 0 bridgehead atoms. The molecule has 0 saturated carbocycles. The topological polar surface area (TPSA) is 67.9 Å². The van der Waals surface area contributed by atoms with Crippen molar-refractivity contribution in [2.75, 3.05) is 25.7 Å². The van der Waals surface area contributed by atoms with Crippen LogP contribution < -0.4 is 19.7 Å². The van der Waals surface area contributed by atoms with Crippen LogP contribution in [0.2, 0.25) is 0 Å². The largest absolute Gasteiger partial charge is 0.497 e. The number of carbonyl (C=O) groups excluding carboxylic acids is 2. The van der Waals surface area contributed by atoms with Gasteiger partial charge < -0.3 is 19.7 Å². The highest BCUT2D eigenvalue weighted by atomic mass is 16.5. The number of nitrogens with one attached hydrogen (secondary N) is 1. The van der Waals surface area contributed by atoms with Gasteiger partial charge in [0.1, 0.15) is 11.5 Å². The van der Waals surface area contributed by atoms with Crippen LogP contribution in [0.1, 0.15) is 33.6 Å². The lowest BCUT2D eigenvalue weighted by Gasteiger charge is -2.26. The molecule has 132 valence electrons. The molecular weight excluding hydrogens is 308 g/mol. The molecule has 1 heterocycles. The number of hydrogen-bond donors (Lipinski definition) is 1. The summed E-state index contributed by atoms with van der Waals surface area (Å²) in [7, 11) is 3.13. The summed E-state index contributed by atoms with van der Waals surface area (Å²) in [5.41, 5.74) is 0.355. The zero-order valence-corrected chi connectivity index (χ0v) is 15.0. The molecule has 2 rings (SSSR count). The molecule has 6 heteroatoms. The Bertz CT molecular complexity index is 627. The number of anilines is 1. The first-order valence-corrected chi connectivity index (χ1v) is 8.15. The van der Waals surface area contributed by atoms with Gasteiger partial charge in [-0.15, -0.1) is 0 Å². The van der Waals surface area contributed by atoms with Crippen LogP contribution in [0, 0.1) is 5.92 Å².